The highest BCUT2D eigenvalue weighted by atomic mass is 32.1. The van der Waals surface area contributed by atoms with Crippen LogP contribution in [0.25, 0.3) is 0 Å². The molecule has 0 aliphatic rings. The van der Waals surface area contributed by atoms with Gasteiger partial charge in [-0.1, -0.05) is 37.3 Å². The summed E-state index contributed by atoms with van der Waals surface area (Å²) in [6.45, 7) is 3.94. The SMILES string of the molecule is CC(C)CC(Nc1nnc(Cc2ccc(F)cc2)s1)C(=O)O. The van der Waals surface area contributed by atoms with Gasteiger partial charge in [0.2, 0.25) is 5.13 Å². The van der Waals surface area contributed by atoms with Crippen LogP contribution in [-0.2, 0) is 11.2 Å². The fourth-order valence-electron chi connectivity index (χ4n) is 2.00. The Morgan fingerprint density at radius 3 is 2.59 bits per heavy atom. The van der Waals surface area contributed by atoms with Crippen molar-refractivity contribution in [2.24, 2.45) is 5.92 Å². The first kappa shape index (κ1) is 16.4. The number of carboxylic acids is 1. The number of benzene rings is 1. The molecular weight excluding hydrogens is 305 g/mol. The topological polar surface area (TPSA) is 75.1 Å². The summed E-state index contributed by atoms with van der Waals surface area (Å²) in [6.07, 6.45) is 1.06. The summed E-state index contributed by atoms with van der Waals surface area (Å²) < 4.78 is 12.9. The molecule has 1 heterocycles. The van der Waals surface area contributed by atoms with Crippen LogP contribution in [-0.4, -0.2) is 27.3 Å². The molecule has 5 nitrogen and oxygen atoms in total. The Labute approximate surface area is 132 Å². The Bertz CT molecular complexity index is 628. The molecule has 2 aromatic rings. The molecular formula is C15H18FN3O2S. The van der Waals surface area contributed by atoms with E-state index in [0.717, 1.165) is 10.6 Å². The van der Waals surface area contributed by atoms with E-state index < -0.39 is 12.0 Å². The Kier molecular flexibility index (Phi) is 5.43. The molecule has 22 heavy (non-hydrogen) atoms. The van der Waals surface area contributed by atoms with Gasteiger partial charge in [-0.3, -0.25) is 0 Å². The number of hydrogen-bond acceptors (Lipinski definition) is 5. The van der Waals surface area contributed by atoms with Gasteiger partial charge in [0.25, 0.3) is 0 Å². The van der Waals surface area contributed by atoms with E-state index >= 15 is 0 Å². The van der Waals surface area contributed by atoms with Gasteiger partial charge >= 0.3 is 5.97 Å². The molecule has 0 aliphatic heterocycles. The predicted molar refractivity (Wildman–Crippen MR) is 83.6 cm³/mol. The third-order valence-corrected chi connectivity index (χ3v) is 3.89. The zero-order valence-corrected chi connectivity index (χ0v) is 13.2. The summed E-state index contributed by atoms with van der Waals surface area (Å²) in [4.78, 5) is 11.2. The first-order valence-electron chi connectivity index (χ1n) is 7.00. The van der Waals surface area contributed by atoms with Crippen LogP contribution in [0.15, 0.2) is 24.3 Å². The maximum absolute atomic E-state index is 12.9. The summed E-state index contributed by atoms with van der Waals surface area (Å²) in [5, 5.41) is 21.4. The lowest BCUT2D eigenvalue weighted by atomic mass is 10.0. The molecule has 0 fully saturated rings. The zero-order chi connectivity index (χ0) is 16.1. The van der Waals surface area contributed by atoms with Crippen LogP contribution in [0, 0.1) is 11.7 Å². The normalized spacial score (nSPS) is 12.4. The minimum absolute atomic E-state index is 0.264. The summed E-state index contributed by atoms with van der Waals surface area (Å²) >= 11 is 1.31. The zero-order valence-electron chi connectivity index (χ0n) is 12.4. The Morgan fingerprint density at radius 1 is 1.32 bits per heavy atom. The van der Waals surface area contributed by atoms with E-state index in [1.165, 1.54) is 23.5 Å². The number of hydrogen-bond donors (Lipinski definition) is 2. The van der Waals surface area contributed by atoms with Gasteiger partial charge in [0.15, 0.2) is 0 Å². The van der Waals surface area contributed by atoms with Crippen LogP contribution in [0.5, 0.6) is 0 Å². The van der Waals surface area contributed by atoms with Crippen molar-refractivity contribution in [2.45, 2.75) is 32.7 Å². The van der Waals surface area contributed by atoms with Crippen molar-refractivity contribution in [3.05, 3.63) is 40.7 Å². The number of halogens is 1. The highest BCUT2D eigenvalue weighted by molar-refractivity contribution is 7.15. The second-order valence-electron chi connectivity index (χ2n) is 5.47. The number of anilines is 1. The first-order valence-corrected chi connectivity index (χ1v) is 7.82. The number of carboxylic acid groups (broad SMARTS) is 1. The molecule has 2 rings (SSSR count). The van der Waals surface area contributed by atoms with Crippen molar-refractivity contribution in [1.29, 1.82) is 0 Å². The monoisotopic (exact) mass is 323 g/mol. The van der Waals surface area contributed by atoms with E-state index in [1.54, 1.807) is 12.1 Å². The minimum atomic E-state index is -0.899. The average molecular weight is 323 g/mol. The Hall–Kier alpha value is -2.02. The van der Waals surface area contributed by atoms with Gasteiger partial charge in [0.1, 0.15) is 16.9 Å². The number of aromatic nitrogens is 2. The maximum atomic E-state index is 12.9. The molecule has 0 aliphatic carbocycles. The Balaban J connectivity index is 2.01. The van der Waals surface area contributed by atoms with Crippen molar-refractivity contribution in [2.75, 3.05) is 5.32 Å². The largest absolute Gasteiger partial charge is 0.480 e. The molecule has 0 amide bonds. The molecule has 1 aromatic heterocycles. The van der Waals surface area contributed by atoms with Gasteiger partial charge in [-0.15, -0.1) is 10.2 Å². The molecule has 1 atom stereocenters. The molecule has 0 saturated heterocycles. The molecule has 118 valence electrons. The smallest absolute Gasteiger partial charge is 0.326 e. The predicted octanol–water partition coefficient (Wildman–Crippen LogP) is 3.18. The van der Waals surface area contributed by atoms with Crippen molar-refractivity contribution in [3.63, 3.8) is 0 Å². The highest BCUT2D eigenvalue weighted by Gasteiger charge is 2.20. The molecule has 0 bridgehead atoms. The number of nitrogens with zero attached hydrogens (tertiary/aromatic N) is 2. The first-order chi connectivity index (χ1) is 10.4. The maximum Gasteiger partial charge on any atom is 0.326 e. The van der Waals surface area contributed by atoms with E-state index in [0.29, 0.717) is 18.0 Å². The number of nitrogens with one attached hydrogen (secondary N) is 1. The van der Waals surface area contributed by atoms with E-state index in [1.807, 2.05) is 13.8 Å². The van der Waals surface area contributed by atoms with E-state index in [9.17, 15) is 14.3 Å². The lowest BCUT2D eigenvalue weighted by Gasteiger charge is -2.14. The van der Waals surface area contributed by atoms with Crippen molar-refractivity contribution in [1.82, 2.24) is 10.2 Å². The average Bonchev–Trinajstić information content (AvgIpc) is 2.87. The van der Waals surface area contributed by atoms with Gasteiger partial charge < -0.3 is 10.4 Å². The number of aliphatic carboxylic acids is 1. The van der Waals surface area contributed by atoms with Crippen LogP contribution in [0.3, 0.4) is 0 Å². The third-order valence-electron chi connectivity index (χ3n) is 3.04. The number of rotatable bonds is 7. The van der Waals surface area contributed by atoms with E-state index in [4.69, 9.17) is 0 Å². The van der Waals surface area contributed by atoms with Gasteiger partial charge in [-0.05, 0) is 30.0 Å². The lowest BCUT2D eigenvalue weighted by Crippen LogP contribution is -2.30. The minimum Gasteiger partial charge on any atom is -0.480 e. The van der Waals surface area contributed by atoms with Gasteiger partial charge in [0, 0.05) is 6.42 Å². The molecule has 0 spiro atoms. The fraction of sp³-hybridized carbons (Fsp3) is 0.400. The fourth-order valence-corrected chi connectivity index (χ4v) is 2.83. The van der Waals surface area contributed by atoms with Gasteiger partial charge in [-0.25, -0.2) is 9.18 Å². The molecule has 1 aromatic carbocycles. The highest BCUT2D eigenvalue weighted by Crippen LogP contribution is 2.21. The Morgan fingerprint density at radius 2 is 2.00 bits per heavy atom. The van der Waals surface area contributed by atoms with Crippen molar-refractivity contribution < 1.29 is 14.3 Å². The van der Waals surface area contributed by atoms with Gasteiger partial charge in [0.05, 0.1) is 0 Å². The summed E-state index contributed by atoms with van der Waals surface area (Å²) in [5.74, 6) is -0.912. The van der Waals surface area contributed by atoms with Crippen LogP contribution in [0.2, 0.25) is 0 Å². The van der Waals surface area contributed by atoms with E-state index in [2.05, 4.69) is 15.5 Å². The lowest BCUT2D eigenvalue weighted by molar-refractivity contribution is -0.138. The molecule has 7 heteroatoms. The number of carbonyl (C=O) groups is 1. The van der Waals surface area contributed by atoms with Crippen LogP contribution < -0.4 is 5.32 Å². The quantitative estimate of drug-likeness (QED) is 0.818. The standard InChI is InChI=1S/C15H18FN3O2S/c1-9(2)7-12(14(20)21)17-15-19-18-13(22-15)8-10-3-5-11(16)6-4-10/h3-6,9,12H,7-8H2,1-2H3,(H,17,19)(H,20,21). The molecule has 0 radical (unpaired) electrons. The summed E-state index contributed by atoms with van der Waals surface area (Å²) in [5.41, 5.74) is 0.932. The second-order valence-corrected chi connectivity index (χ2v) is 6.53. The van der Waals surface area contributed by atoms with Crippen molar-refractivity contribution in [3.8, 4) is 0 Å². The molecule has 1 unspecified atom stereocenters. The van der Waals surface area contributed by atoms with Crippen LogP contribution in [0.4, 0.5) is 9.52 Å². The van der Waals surface area contributed by atoms with Gasteiger partial charge in [-0.2, -0.15) is 0 Å². The third kappa shape index (κ3) is 4.77. The van der Waals surface area contributed by atoms with Crippen LogP contribution in [0.1, 0.15) is 30.8 Å². The molecule has 2 N–H and O–H groups in total. The second kappa shape index (κ2) is 7.31. The van der Waals surface area contributed by atoms with E-state index in [-0.39, 0.29) is 11.7 Å². The summed E-state index contributed by atoms with van der Waals surface area (Å²) in [6, 6.07) is 5.52. The van der Waals surface area contributed by atoms with Crippen LogP contribution >= 0.6 is 11.3 Å². The van der Waals surface area contributed by atoms with Crippen molar-refractivity contribution >= 4 is 22.4 Å². The summed E-state index contributed by atoms with van der Waals surface area (Å²) in [7, 11) is 0. The molecule has 0 saturated carbocycles.